The van der Waals surface area contributed by atoms with Crippen LogP contribution in [0.25, 0.3) is 0 Å². The number of hydrogen-bond donors (Lipinski definition) is 2. The van der Waals surface area contributed by atoms with Crippen molar-refractivity contribution in [3.05, 3.63) is 23.9 Å². The summed E-state index contributed by atoms with van der Waals surface area (Å²) in [5, 5.41) is 9.90. The van der Waals surface area contributed by atoms with Crippen LogP contribution in [0.4, 0.5) is 4.79 Å². The summed E-state index contributed by atoms with van der Waals surface area (Å²) in [7, 11) is 0. The zero-order valence-corrected chi connectivity index (χ0v) is 6.53. The van der Waals surface area contributed by atoms with Gasteiger partial charge in [0, 0.05) is 11.6 Å². The van der Waals surface area contributed by atoms with Gasteiger partial charge in [0.2, 0.25) is 0 Å². The normalized spacial score (nSPS) is 26.2. The Kier molecular flexibility index (Phi) is 1.53. The average Bonchev–Trinajstić information content (AvgIpc) is 2.46. The summed E-state index contributed by atoms with van der Waals surface area (Å²) >= 11 is 0. The molecule has 0 radical (unpaired) electrons. The number of carboxylic acid groups (broad SMARTS) is 1. The van der Waals surface area contributed by atoms with Crippen molar-refractivity contribution in [1.29, 1.82) is 0 Å². The molecule has 1 aliphatic carbocycles. The van der Waals surface area contributed by atoms with E-state index in [4.69, 9.17) is 5.11 Å². The first-order chi connectivity index (χ1) is 5.77. The number of rotatable bonds is 0. The molecule has 1 aliphatic heterocycles. The van der Waals surface area contributed by atoms with Crippen molar-refractivity contribution in [2.24, 2.45) is 5.92 Å². The molecular formula is C8H10N2O2. The molecule has 0 aromatic carbocycles. The molecule has 1 unspecified atom stereocenters. The van der Waals surface area contributed by atoms with Gasteiger partial charge >= 0.3 is 6.09 Å². The van der Waals surface area contributed by atoms with Crippen molar-refractivity contribution in [3.8, 4) is 0 Å². The quantitative estimate of drug-likeness (QED) is 0.563. The summed E-state index contributed by atoms with van der Waals surface area (Å²) < 4.78 is 0. The number of nitrogens with zero attached hydrogens (tertiary/aromatic N) is 1. The topological polar surface area (TPSA) is 52.6 Å². The van der Waals surface area contributed by atoms with Gasteiger partial charge in [-0.1, -0.05) is 12.2 Å². The van der Waals surface area contributed by atoms with Gasteiger partial charge in [-0.3, -0.25) is 5.43 Å². The lowest BCUT2D eigenvalue weighted by molar-refractivity contribution is 0.138. The molecule has 2 rings (SSSR count). The Hall–Kier alpha value is -1.45. The van der Waals surface area contributed by atoms with Gasteiger partial charge in [-0.05, 0) is 12.5 Å². The van der Waals surface area contributed by atoms with E-state index in [0.717, 1.165) is 12.1 Å². The van der Waals surface area contributed by atoms with E-state index in [0.29, 0.717) is 12.5 Å². The number of fused-ring (bicyclic) bond motifs is 1. The molecule has 4 heteroatoms. The minimum atomic E-state index is -0.912. The number of nitrogens with one attached hydrogen (secondary N) is 1. The van der Waals surface area contributed by atoms with E-state index in [2.05, 4.69) is 11.5 Å². The van der Waals surface area contributed by atoms with E-state index in [1.807, 2.05) is 12.2 Å². The van der Waals surface area contributed by atoms with E-state index in [1.54, 1.807) is 0 Å². The fraction of sp³-hybridized carbons (Fsp3) is 0.375. The molecule has 1 heterocycles. The Bertz CT molecular complexity index is 270. The van der Waals surface area contributed by atoms with Crippen LogP contribution >= 0.6 is 0 Å². The van der Waals surface area contributed by atoms with Gasteiger partial charge in [0.15, 0.2) is 0 Å². The van der Waals surface area contributed by atoms with Crippen LogP contribution in [0.2, 0.25) is 0 Å². The van der Waals surface area contributed by atoms with Crippen LogP contribution in [0.1, 0.15) is 6.42 Å². The van der Waals surface area contributed by atoms with E-state index in [9.17, 15) is 4.79 Å². The van der Waals surface area contributed by atoms with Gasteiger partial charge in [0.1, 0.15) is 0 Å². The minimum absolute atomic E-state index is 0.339. The maximum absolute atomic E-state index is 10.6. The van der Waals surface area contributed by atoms with Crippen LogP contribution in [-0.2, 0) is 0 Å². The molecule has 64 valence electrons. The first-order valence-electron chi connectivity index (χ1n) is 3.91. The van der Waals surface area contributed by atoms with E-state index < -0.39 is 6.09 Å². The number of hydrogen-bond acceptors (Lipinski definition) is 2. The summed E-state index contributed by atoms with van der Waals surface area (Å²) in [4.78, 5) is 10.6. The van der Waals surface area contributed by atoms with Gasteiger partial charge in [0.05, 0.1) is 6.54 Å². The van der Waals surface area contributed by atoms with Crippen LogP contribution in [-0.4, -0.2) is 22.8 Å². The third-order valence-corrected chi connectivity index (χ3v) is 2.17. The van der Waals surface area contributed by atoms with Gasteiger partial charge < -0.3 is 5.11 Å². The zero-order valence-electron chi connectivity index (χ0n) is 6.53. The average molecular weight is 166 g/mol. The number of carbonyl (C=O) groups is 1. The highest BCUT2D eigenvalue weighted by atomic mass is 16.4. The SMILES string of the molecule is O=C(O)N1CC2CC=CC=C2N1. The van der Waals surface area contributed by atoms with Gasteiger partial charge in [-0.15, -0.1) is 0 Å². The molecule has 1 amide bonds. The van der Waals surface area contributed by atoms with Crippen LogP contribution < -0.4 is 5.43 Å². The first kappa shape index (κ1) is 7.21. The molecule has 0 aromatic heterocycles. The number of amides is 1. The first-order valence-corrected chi connectivity index (χ1v) is 3.91. The monoisotopic (exact) mass is 166 g/mol. The van der Waals surface area contributed by atoms with Gasteiger partial charge in [-0.25, -0.2) is 9.80 Å². The third-order valence-electron chi connectivity index (χ3n) is 2.17. The summed E-state index contributed by atoms with van der Waals surface area (Å²) in [6, 6.07) is 0. The van der Waals surface area contributed by atoms with E-state index >= 15 is 0 Å². The van der Waals surface area contributed by atoms with Crippen molar-refractivity contribution in [1.82, 2.24) is 10.4 Å². The molecule has 0 spiro atoms. The lowest BCUT2D eigenvalue weighted by Crippen LogP contribution is -2.34. The molecular weight excluding hydrogens is 156 g/mol. The maximum atomic E-state index is 10.6. The summed E-state index contributed by atoms with van der Waals surface area (Å²) in [5.74, 6) is 0.339. The highest BCUT2D eigenvalue weighted by Crippen LogP contribution is 2.24. The van der Waals surface area contributed by atoms with Crippen molar-refractivity contribution >= 4 is 6.09 Å². The number of allylic oxidation sites excluding steroid dienone is 3. The van der Waals surface area contributed by atoms with Crippen molar-refractivity contribution in [3.63, 3.8) is 0 Å². The second-order valence-electron chi connectivity index (χ2n) is 2.99. The fourth-order valence-electron chi connectivity index (χ4n) is 1.53. The van der Waals surface area contributed by atoms with Crippen LogP contribution in [0.5, 0.6) is 0 Å². The predicted octanol–water partition coefficient (Wildman–Crippen LogP) is 0.945. The van der Waals surface area contributed by atoms with Crippen LogP contribution in [0.15, 0.2) is 23.9 Å². The van der Waals surface area contributed by atoms with Crippen molar-refractivity contribution in [2.45, 2.75) is 6.42 Å². The maximum Gasteiger partial charge on any atom is 0.426 e. The number of hydrazine groups is 1. The van der Waals surface area contributed by atoms with Crippen molar-refractivity contribution in [2.75, 3.05) is 6.54 Å². The Morgan fingerprint density at radius 2 is 2.58 bits per heavy atom. The van der Waals surface area contributed by atoms with Crippen LogP contribution in [0, 0.1) is 5.92 Å². The van der Waals surface area contributed by atoms with E-state index in [-0.39, 0.29) is 0 Å². The minimum Gasteiger partial charge on any atom is -0.464 e. The van der Waals surface area contributed by atoms with Gasteiger partial charge in [-0.2, -0.15) is 0 Å². The standard InChI is InChI=1S/C8H10N2O2/c11-8(12)10-5-6-3-1-2-4-7(6)9-10/h1-2,4,6,9H,3,5H2,(H,11,12). The molecule has 2 N–H and O–H groups in total. The molecule has 1 saturated heterocycles. The summed E-state index contributed by atoms with van der Waals surface area (Å²) in [6.07, 6.45) is 5.95. The smallest absolute Gasteiger partial charge is 0.426 e. The van der Waals surface area contributed by atoms with Gasteiger partial charge in [0.25, 0.3) is 0 Å². The fourth-order valence-corrected chi connectivity index (χ4v) is 1.53. The Morgan fingerprint density at radius 3 is 3.25 bits per heavy atom. The van der Waals surface area contributed by atoms with Crippen molar-refractivity contribution < 1.29 is 9.90 Å². The zero-order chi connectivity index (χ0) is 8.55. The highest BCUT2D eigenvalue weighted by Gasteiger charge is 2.29. The summed E-state index contributed by atoms with van der Waals surface area (Å²) in [5.41, 5.74) is 3.85. The molecule has 0 bridgehead atoms. The molecule has 1 fully saturated rings. The Morgan fingerprint density at radius 1 is 1.75 bits per heavy atom. The third kappa shape index (κ3) is 1.05. The lowest BCUT2D eigenvalue weighted by Gasteiger charge is -2.10. The molecule has 0 aromatic rings. The summed E-state index contributed by atoms with van der Waals surface area (Å²) in [6.45, 7) is 0.561. The molecule has 4 nitrogen and oxygen atoms in total. The molecule has 12 heavy (non-hydrogen) atoms. The lowest BCUT2D eigenvalue weighted by atomic mass is 9.99. The van der Waals surface area contributed by atoms with E-state index in [1.165, 1.54) is 5.01 Å². The van der Waals surface area contributed by atoms with Crippen LogP contribution in [0.3, 0.4) is 0 Å². The molecule has 1 atom stereocenters. The highest BCUT2D eigenvalue weighted by molar-refractivity contribution is 5.65. The molecule has 0 saturated carbocycles. The Labute approximate surface area is 70.1 Å². The largest absolute Gasteiger partial charge is 0.464 e. The molecule has 2 aliphatic rings. The second-order valence-corrected chi connectivity index (χ2v) is 2.99. The predicted molar refractivity (Wildman–Crippen MR) is 43.2 cm³/mol. The second kappa shape index (κ2) is 2.55. The Balaban J connectivity index is 2.12.